The Morgan fingerprint density at radius 1 is 1.16 bits per heavy atom. The second-order valence-electron chi connectivity index (χ2n) is 9.32. The summed E-state index contributed by atoms with van der Waals surface area (Å²) in [6.07, 6.45) is 1.17. The third-order valence-electron chi connectivity index (χ3n) is 6.18. The molecule has 0 radical (unpaired) electrons. The molecule has 158 valence electrons. The Morgan fingerprint density at radius 2 is 1.90 bits per heavy atom. The van der Waals surface area contributed by atoms with Gasteiger partial charge in [-0.05, 0) is 55.0 Å². The molecule has 1 aliphatic heterocycles. The third-order valence-corrected chi connectivity index (χ3v) is 6.68. The summed E-state index contributed by atoms with van der Waals surface area (Å²) in [5, 5.41) is 10.2. The molecule has 4 nitrogen and oxygen atoms in total. The maximum atomic E-state index is 13.6. The smallest absolute Gasteiger partial charge is 0.162 e. The van der Waals surface area contributed by atoms with Crippen LogP contribution in [-0.2, 0) is 4.79 Å². The van der Waals surface area contributed by atoms with Gasteiger partial charge < -0.3 is 5.73 Å². The number of nitriles is 1. The highest BCUT2D eigenvalue weighted by atomic mass is 79.9. The van der Waals surface area contributed by atoms with Gasteiger partial charge >= 0.3 is 0 Å². The number of aryl methyl sites for hydroxylation is 2. The second-order valence-corrected chi connectivity index (χ2v) is 10.2. The van der Waals surface area contributed by atoms with Crippen LogP contribution in [0.25, 0.3) is 0 Å². The van der Waals surface area contributed by atoms with Crippen LogP contribution in [0.2, 0.25) is 0 Å². The lowest BCUT2D eigenvalue weighted by atomic mass is 9.68. The van der Waals surface area contributed by atoms with Gasteiger partial charge in [0.1, 0.15) is 5.82 Å². The maximum absolute atomic E-state index is 13.6. The summed E-state index contributed by atoms with van der Waals surface area (Å²) in [5.74, 6) is 0.0545. The zero-order valence-electron chi connectivity index (χ0n) is 18.3. The first-order valence-electron chi connectivity index (χ1n) is 10.4. The van der Waals surface area contributed by atoms with Crippen molar-refractivity contribution in [2.24, 2.45) is 11.1 Å². The number of nitrogens with two attached hydrogens (primary N) is 1. The number of nitrogens with zero attached hydrogens (tertiary/aromatic N) is 2. The van der Waals surface area contributed by atoms with Gasteiger partial charge in [0.15, 0.2) is 5.78 Å². The molecule has 0 fully saturated rings. The van der Waals surface area contributed by atoms with E-state index in [0.29, 0.717) is 29.8 Å². The number of halogens is 1. The number of carbonyl (C=O) groups is 1. The lowest BCUT2D eigenvalue weighted by Gasteiger charge is -2.44. The zero-order chi connectivity index (χ0) is 22.5. The molecule has 2 aromatic rings. The third kappa shape index (κ3) is 3.70. The number of Topliss-reactive ketones (excluding diaryl/α,β-unsaturated/α-hetero) is 1. The van der Waals surface area contributed by atoms with E-state index in [1.54, 1.807) is 0 Å². The van der Waals surface area contributed by atoms with E-state index in [1.807, 2.05) is 55.1 Å². The van der Waals surface area contributed by atoms with E-state index in [-0.39, 0.29) is 11.2 Å². The molecule has 31 heavy (non-hydrogen) atoms. The quantitative estimate of drug-likeness (QED) is 0.577. The van der Waals surface area contributed by atoms with Crippen LogP contribution >= 0.6 is 15.9 Å². The highest BCUT2D eigenvalue weighted by Crippen LogP contribution is 2.50. The van der Waals surface area contributed by atoms with E-state index in [4.69, 9.17) is 5.73 Å². The van der Waals surface area contributed by atoms with Gasteiger partial charge in [-0.2, -0.15) is 5.26 Å². The Hall–Kier alpha value is -2.84. The summed E-state index contributed by atoms with van der Waals surface area (Å²) in [4.78, 5) is 15.5. The van der Waals surface area contributed by atoms with Crippen LogP contribution in [0.15, 0.2) is 69.6 Å². The summed E-state index contributed by atoms with van der Waals surface area (Å²) in [5.41, 5.74) is 12.6. The Kier molecular flexibility index (Phi) is 5.31. The average Bonchev–Trinajstić information content (AvgIpc) is 2.66. The molecule has 0 saturated heterocycles. The molecule has 0 spiro atoms. The monoisotopic (exact) mass is 475 g/mol. The Balaban J connectivity index is 2.03. The van der Waals surface area contributed by atoms with Crippen molar-refractivity contribution in [2.75, 3.05) is 4.90 Å². The van der Waals surface area contributed by atoms with E-state index >= 15 is 0 Å². The summed E-state index contributed by atoms with van der Waals surface area (Å²) < 4.78 is 0.913. The molecule has 1 unspecified atom stereocenters. The number of benzene rings is 2. The highest BCUT2D eigenvalue weighted by molar-refractivity contribution is 9.10. The molecule has 0 saturated carbocycles. The summed E-state index contributed by atoms with van der Waals surface area (Å²) >= 11 is 3.54. The van der Waals surface area contributed by atoms with Crippen LogP contribution in [0.4, 0.5) is 5.69 Å². The van der Waals surface area contributed by atoms with Crippen LogP contribution in [0.3, 0.4) is 0 Å². The number of ketones is 1. The minimum Gasteiger partial charge on any atom is -0.384 e. The number of hydrogen-bond acceptors (Lipinski definition) is 4. The largest absolute Gasteiger partial charge is 0.384 e. The number of carbonyl (C=O) groups excluding carboxylic acids is 1. The lowest BCUT2D eigenvalue weighted by Crippen LogP contribution is -2.42. The van der Waals surface area contributed by atoms with Crippen molar-refractivity contribution in [2.45, 2.75) is 46.5 Å². The van der Waals surface area contributed by atoms with E-state index in [1.165, 1.54) is 0 Å². The van der Waals surface area contributed by atoms with E-state index < -0.39 is 5.92 Å². The Labute approximate surface area is 192 Å². The maximum Gasteiger partial charge on any atom is 0.162 e. The Morgan fingerprint density at radius 3 is 2.55 bits per heavy atom. The molecular formula is C26H26BrN3O. The van der Waals surface area contributed by atoms with Crippen molar-refractivity contribution in [3.8, 4) is 6.07 Å². The predicted octanol–water partition coefficient (Wildman–Crippen LogP) is 6.01. The van der Waals surface area contributed by atoms with Crippen molar-refractivity contribution in [1.29, 1.82) is 5.26 Å². The van der Waals surface area contributed by atoms with Crippen LogP contribution in [0.1, 0.15) is 49.3 Å². The van der Waals surface area contributed by atoms with Gasteiger partial charge in [0.05, 0.1) is 17.6 Å². The van der Waals surface area contributed by atoms with Gasteiger partial charge in [0.2, 0.25) is 0 Å². The molecular weight excluding hydrogens is 450 g/mol. The number of anilines is 1. The predicted molar refractivity (Wildman–Crippen MR) is 127 cm³/mol. The normalized spacial score (nSPS) is 20.6. The molecule has 4 rings (SSSR count). The first kappa shape index (κ1) is 21.4. The molecule has 0 bridgehead atoms. The number of hydrogen-bond donors (Lipinski definition) is 1. The minimum atomic E-state index is -0.437. The van der Waals surface area contributed by atoms with Crippen LogP contribution in [0.5, 0.6) is 0 Å². The van der Waals surface area contributed by atoms with Crippen molar-refractivity contribution >= 4 is 27.4 Å². The standard InChI is InChI=1S/C26H26BrN3O/c1-15-8-9-19(16(2)10-15)23-20(14-28)25(29)30(18-7-5-6-17(27)11-18)21-12-26(3,4)13-22(31)24(21)23/h5-11,23H,12-13,29H2,1-4H3. The van der Waals surface area contributed by atoms with Gasteiger partial charge in [0.25, 0.3) is 0 Å². The van der Waals surface area contributed by atoms with E-state index in [2.05, 4.69) is 41.9 Å². The molecule has 1 atom stereocenters. The summed E-state index contributed by atoms with van der Waals surface area (Å²) in [7, 11) is 0. The highest BCUT2D eigenvalue weighted by Gasteiger charge is 2.45. The zero-order valence-corrected chi connectivity index (χ0v) is 19.9. The summed E-state index contributed by atoms with van der Waals surface area (Å²) in [6.45, 7) is 8.30. The van der Waals surface area contributed by atoms with E-state index in [0.717, 1.165) is 32.5 Å². The van der Waals surface area contributed by atoms with Gasteiger partial charge in [0, 0.05) is 27.9 Å². The van der Waals surface area contributed by atoms with Crippen LogP contribution in [-0.4, -0.2) is 5.78 Å². The molecule has 0 aromatic heterocycles. The van der Waals surface area contributed by atoms with Crippen molar-refractivity contribution in [3.63, 3.8) is 0 Å². The van der Waals surface area contributed by atoms with Crippen molar-refractivity contribution in [3.05, 3.63) is 86.3 Å². The second kappa shape index (κ2) is 7.69. The summed E-state index contributed by atoms with van der Waals surface area (Å²) in [6, 6.07) is 16.3. The fourth-order valence-electron chi connectivity index (χ4n) is 4.88. The number of allylic oxidation sites excluding steroid dienone is 3. The van der Waals surface area contributed by atoms with Gasteiger partial charge in [-0.1, -0.05) is 59.6 Å². The topological polar surface area (TPSA) is 70.1 Å². The molecule has 5 heteroatoms. The molecule has 2 N–H and O–H groups in total. The van der Waals surface area contributed by atoms with Gasteiger partial charge in [-0.3, -0.25) is 9.69 Å². The van der Waals surface area contributed by atoms with Gasteiger partial charge in [-0.25, -0.2) is 0 Å². The molecule has 2 aliphatic rings. The van der Waals surface area contributed by atoms with Crippen LogP contribution in [0, 0.1) is 30.6 Å². The first-order chi connectivity index (χ1) is 14.6. The Bertz CT molecular complexity index is 1200. The molecule has 2 aromatic carbocycles. The SMILES string of the molecule is Cc1ccc(C2C(C#N)=C(N)N(c3cccc(Br)c3)C3=C2C(=O)CC(C)(C)C3)c(C)c1. The minimum absolute atomic E-state index is 0.0940. The molecule has 1 aliphatic carbocycles. The average molecular weight is 476 g/mol. The lowest BCUT2D eigenvalue weighted by molar-refractivity contribution is -0.118. The van der Waals surface area contributed by atoms with Crippen molar-refractivity contribution in [1.82, 2.24) is 0 Å². The van der Waals surface area contributed by atoms with Gasteiger partial charge in [-0.15, -0.1) is 0 Å². The fourth-order valence-corrected chi connectivity index (χ4v) is 5.27. The first-order valence-corrected chi connectivity index (χ1v) is 11.2. The number of rotatable bonds is 2. The molecule has 1 heterocycles. The van der Waals surface area contributed by atoms with E-state index in [9.17, 15) is 10.1 Å². The van der Waals surface area contributed by atoms with Crippen molar-refractivity contribution < 1.29 is 4.79 Å². The molecule has 0 amide bonds. The van der Waals surface area contributed by atoms with Crippen LogP contribution < -0.4 is 10.6 Å². The fraction of sp³-hybridized carbons (Fsp3) is 0.308.